The van der Waals surface area contributed by atoms with Crippen LogP contribution in [-0.2, 0) is 11.3 Å². The molecule has 0 bridgehead atoms. The molecular weight excluding hydrogens is 341 g/mol. The highest BCUT2D eigenvalue weighted by molar-refractivity contribution is 7.11. The molecule has 2 heterocycles. The number of benzene rings is 1. The normalized spacial score (nSPS) is 20.6. The maximum atomic E-state index is 14.5. The summed E-state index contributed by atoms with van der Waals surface area (Å²) < 4.78 is 20.2. The van der Waals surface area contributed by atoms with Gasteiger partial charge in [-0.2, -0.15) is 0 Å². The molecule has 1 aliphatic rings. The quantitative estimate of drug-likeness (QED) is 0.907. The molecule has 2 atom stereocenters. The number of halogens is 1. The van der Waals surface area contributed by atoms with Crippen molar-refractivity contribution in [1.82, 2.24) is 10.3 Å². The van der Waals surface area contributed by atoms with E-state index in [0.717, 1.165) is 5.56 Å². The second kappa shape index (κ2) is 7.49. The van der Waals surface area contributed by atoms with Gasteiger partial charge in [-0.15, -0.1) is 11.3 Å². The fourth-order valence-corrected chi connectivity index (χ4v) is 3.79. The molecule has 7 heteroatoms. The van der Waals surface area contributed by atoms with Gasteiger partial charge in [-0.1, -0.05) is 6.07 Å². The molecule has 0 unspecified atom stereocenters. The van der Waals surface area contributed by atoms with Crippen LogP contribution in [0.15, 0.2) is 23.7 Å². The minimum Gasteiger partial charge on any atom is -0.372 e. The Labute approximate surface area is 150 Å². The molecule has 3 rings (SSSR count). The maximum absolute atomic E-state index is 14.5. The van der Waals surface area contributed by atoms with E-state index >= 15 is 0 Å². The predicted octanol–water partition coefficient (Wildman–Crippen LogP) is 3.13. The van der Waals surface area contributed by atoms with Crippen LogP contribution in [0.1, 0.15) is 34.8 Å². The van der Waals surface area contributed by atoms with Gasteiger partial charge in [0.25, 0.3) is 5.91 Å². The Hall–Kier alpha value is -1.99. The van der Waals surface area contributed by atoms with Crippen molar-refractivity contribution >= 4 is 22.9 Å². The average molecular weight is 363 g/mol. The second-order valence-electron chi connectivity index (χ2n) is 6.40. The Bertz CT molecular complexity index is 755. The van der Waals surface area contributed by atoms with E-state index in [1.807, 2.05) is 24.8 Å². The van der Waals surface area contributed by atoms with Crippen LogP contribution in [0.2, 0.25) is 0 Å². The van der Waals surface area contributed by atoms with Gasteiger partial charge in [0, 0.05) is 19.6 Å². The summed E-state index contributed by atoms with van der Waals surface area (Å²) in [6.45, 7) is 7.40. The number of nitrogens with zero attached hydrogens (tertiary/aromatic N) is 2. The first-order valence-corrected chi connectivity index (χ1v) is 9.19. The zero-order valence-corrected chi connectivity index (χ0v) is 15.4. The zero-order chi connectivity index (χ0) is 18.0. The molecule has 2 aromatic rings. The Kier molecular flexibility index (Phi) is 5.34. The third-order valence-electron chi connectivity index (χ3n) is 4.18. The summed E-state index contributed by atoms with van der Waals surface area (Å²) in [7, 11) is 0. The number of hydrogen-bond donors (Lipinski definition) is 1. The van der Waals surface area contributed by atoms with E-state index in [-0.39, 0.29) is 30.5 Å². The van der Waals surface area contributed by atoms with E-state index in [9.17, 15) is 9.18 Å². The number of anilines is 1. The topological polar surface area (TPSA) is 54.5 Å². The largest absolute Gasteiger partial charge is 0.372 e. The highest BCUT2D eigenvalue weighted by Gasteiger charge is 2.24. The van der Waals surface area contributed by atoms with Crippen molar-refractivity contribution in [2.24, 2.45) is 0 Å². The van der Waals surface area contributed by atoms with Gasteiger partial charge in [-0.25, -0.2) is 9.37 Å². The van der Waals surface area contributed by atoms with Crippen LogP contribution in [0.25, 0.3) is 0 Å². The van der Waals surface area contributed by atoms with Gasteiger partial charge < -0.3 is 15.0 Å². The van der Waals surface area contributed by atoms with Crippen LogP contribution < -0.4 is 10.2 Å². The minimum absolute atomic E-state index is 0.0739. The number of morpholine rings is 1. The monoisotopic (exact) mass is 363 g/mol. The summed E-state index contributed by atoms with van der Waals surface area (Å²) in [6, 6.07) is 5.11. The summed E-state index contributed by atoms with van der Waals surface area (Å²) in [6.07, 6.45) is 0.148. The Morgan fingerprint density at radius 2 is 2.12 bits per heavy atom. The number of aromatic nitrogens is 1. The van der Waals surface area contributed by atoms with Crippen molar-refractivity contribution < 1.29 is 13.9 Å². The van der Waals surface area contributed by atoms with Crippen LogP contribution >= 0.6 is 11.3 Å². The second-order valence-corrected chi connectivity index (χ2v) is 7.25. The summed E-state index contributed by atoms with van der Waals surface area (Å²) in [5.41, 5.74) is 3.66. The van der Waals surface area contributed by atoms with Crippen molar-refractivity contribution in [3.63, 3.8) is 0 Å². The molecule has 1 saturated heterocycles. The third kappa shape index (κ3) is 4.16. The first kappa shape index (κ1) is 17.8. The van der Waals surface area contributed by atoms with Crippen molar-refractivity contribution in [2.75, 3.05) is 18.0 Å². The van der Waals surface area contributed by atoms with Crippen molar-refractivity contribution in [3.05, 3.63) is 45.7 Å². The Morgan fingerprint density at radius 1 is 1.40 bits per heavy atom. The highest BCUT2D eigenvalue weighted by atomic mass is 32.1. The molecular formula is C18H22FN3O2S. The van der Waals surface area contributed by atoms with Crippen LogP contribution in [0.3, 0.4) is 0 Å². The first-order valence-electron chi connectivity index (χ1n) is 8.31. The van der Waals surface area contributed by atoms with Gasteiger partial charge in [0.1, 0.15) is 10.7 Å². The smallest absolute Gasteiger partial charge is 0.263 e. The first-order chi connectivity index (χ1) is 11.9. The number of hydrogen-bond acceptors (Lipinski definition) is 5. The number of amides is 1. The molecule has 1 aromatic carbocycles. The van der Waals surface area contributed by atoms with E-state index in [0.29, 0.717) is 29.3 Å². The molecule has 0 radical (unpaired) electrons. The van der Waals surface area contributed by atoms with Crippen LogP contribution in [0.5, 0.6) is 0 Å². The number of ether oxygens (including phenoxy) is 1. The van der Waals surface area contributed by atoms with Crippen molar-refractivity contribution in [3.8, 4) is 0 Å². The predicted molar refractivity (Wildman–Crippen MR) is 96.6 cm³/mol. The lowest BCUT2D eigenvalue weighted by Gasteiger charge is -2.37. The number of rotatable bonds is 4. The molecule has 0 spiro atoms. The molecule has 0 aliphatic carbocycles. The Balaban J connectivity index is 1.66. The fraction of sp³-hybridized carbons (Fsp3) is 0.444. The number of carbonyl (C=O) groups excluding carboxylic acids is 1. The minimum atomic E-state index is -0.276. The highest BCUT2D eigenvalue weighted by Crippen LogP contribution is 2.24. The Morgan fingerprint density at radius 3 is 2.72 bits per heavy atom. The molecule has 25 heavy (non-hydrogen) atoms. The number of nitrogens with one attached hydrogen (secondary N) is 1. The van der Waals surface area contributed by atoms with Gasteiger partial charge in [-0.3, -0.25) is 4.79 Å². The van der Waals surface area contributed by atoms with Gasteiger partial charge >= 0.3 is 0 Å². The molecule has 1 N–H and O–H groups in total. The molecule has 1 aliphatic heterocycles. The fourth-order valence-electron chi connectivity index (χ4n) is 3.07. The lowest BCUT2D eigenvalue weighted by molar-refractivity contribution is -0.00539. The van der Waals surface area contributed by atoms with Crippen LogP contribution in [-0.4, -0.2) is 36.2 Å². The van der Waals surface area contributed by atoms with Gasteiger partial charge in [-0.05, 0) is 38.5 Å². The number of carbonyl (C=O) groups is 1. The standard InChI is InChI=1S/C18H22FN3O2S/c1-11-8-22(9-12(2)24-11)16-5-4-14(6-15(16)19)7-20-18(23)17-13(3)21-10-25-17/h4-6,10-12H,7-9H2,1-3H3,(H,20,23)/t11-,12-/m1/s1. The summed E-state index contributed by atoms with van der Waals surface area (Å²) >= 11 is 1.30. The molecule has 1 amide bonds. The third-order valence-corrected chi connectivity index (χ3v) is 5.10. The lowest BCUT2D eigenvalue weighted by Crippen LogP contribution is -2.45. The van der Waals surface area contributed by atoms with E-state index in [2.05, 4.69) is 10.3 Å². The van der Waals surface area contributed by atoms with E-state index in [4.69, 9.17) is 4.74 Å². The molecule has 5 nitrogen and oxygen atoms in total. The van der Waals surface area contributed by atoms with E-state index in [1.54, 1.807) is 18.5 Å². The molecule has 1 fully saturated rings. The summed E-state index contributed by atoms with van der Waals surface area (Å²) in [4.78, 5) is 18.8. The van der Waals surface area contributed by atoms with Crippen molar-refractivity contribution in [2.45, 2.75) is 39.5 Å². The molecule has 1 aromatic heterocycles. The van der Waals surface area contributed by atoms with E-state index in [1.165, 1.54) is 17.4 Å². The summed E-state index contributed by atoms with van der Waals surface area (Å²) in [5, 5.41) is 2.81. The lowest BCUT2D eigenvalue weighted by atomic mass is 10.1. The zero-order valence-electron chi connectivity index (χ0n) is 14.6. The average Bonchev–Trinajstić information content (AvgIpc) is 2.98. The number of aryl methyl sites for hydroxylation is 1. The van der Waals surface area contributed by atoms with Crippen LogP contribution in [0.4, 0.5) is 10.1 Å². The van der Waals surface area contributed by atoms with Crippen LogP contribution in [0, 0.1) is 12.7 Å². The van der Waals surface area contributed by atoms with Gasteiger partial charge in [0.2, 0.25) is 0 Å². The number of thiazole rings is 1. The van der Waals surface area contributed by atoms with Gasteiger partial charge in [0.05, 0.1) is 29.1 Å². The molecule has 134 valence electrons. The summed E-state index contributed by atoms with van der Waals surface area (Å²) in [5.74, 6) is -0.456. The molecule has 0 saturated carbocycles. The van der Waals surface area contributed by atoms with E-state index < -0.39 is 0 Å². The maximum Gasteiger partial charge on any atom is 0.263 e. The van der Waals surface area contributed by atoms with Gasteiger partial charge in [0.15, 0.2) is 0 Å². The van der Waals surface area contributed by atoms with Crippen molar-refractivity contribution in [1.29, 1.82) is 0 Å². The SMILES string of the molecule is Cc1ncsc1C(=O)NCc1ccc(N2C[C@@H](C)O[C@H](C)C2)c(F)c1.